The van der Waals surface area contributed by atoms with E-state index >= 15 is 0 Å². The van der Waals surface area contributed by atoms with Crippen LogP contribution in [0.15, 0.2) is 48.7 Å². The molecule has 1 heterocycles. The predicted molar refractivity (Wildman–Crippen MR) is 67.9 cm³/mol. The highest BCUT2D eigenvalue weighted by Crippen LogP contribution is 2.17. The second-order valence-corrected chi connectivity index (χ2v) is 3.87. The summed E-state index contributed by atoms with van der Waals surface area (Å²) in [4.78, 5) is 15.0. The van der Waals surface area contributed by atoms with Crippen molar-refractivity contribution in [2.45, 2.75) is 13.0 Å². The highest BCUT2D eigenvalue weighted by molar-refractivity contribution is 5.76. The summed E-state index contributed by atoms with van der Waals surface area (Å²) >= 11 is 0. The first kappa shape index (κ1) is 12.1. The van der Waals surface area contributed by atoms with Gasteiger partial charge in [0.05, 0.1) is 12.1 Å². The fourth-order valence-corrected chi connectivity index (χ4v) is 1.59. The van der Waals surface area contributed by atoms with Gasteiger partial charge in [0, 0.05) is 6.20 Å². The highest BCUT2D eigenvalue weighted by Gasteiger charge is 2.07. The molecule has 0 radical (unpaired) electrons. The largest absolute Gasteiger partial charge is 0.487 e. The van der Waals surface area contributed by atoms with Gasteiger partial charge in [-0.1, -0.05) is 30.3 Å². The molecule has 2 N–H and O–H groups in total. The Morgan fingerprint density at radius 2 is 1.94 bits per heavy atom. The van der Waals surface area contributed by atoms with Crippen molar-refractivity contribution in [2.75, 3.05) is 0 Å². The van der Waals surface area contributed by atoms with Crippen LogP contribution in [0.1, 0.15) is 11.3 Å². The van der Waals surface area contributed by atoms with Crippen LogP contribution in [-0.2, 0) is 17.8 Å². The standard InChI is InChI=1S/C14H14N2O2/c15-14(17)9-12-13(7-4-8-16-12)18-10-11-5-2-1-3-6-11/h1-8H,9-10H2,(H2,15,17). The van der Waals surface area contributed by atoms with E-state index in [1.54, 1.807) is 18.3 Å². The Hall–Kier alpha value is -2.36. The molecule has 0 unspecified atom stereocenters. The molecule has 0 aliphatic heterocycles. The fraction of sp³-hybridized carbons (Fsp3) is 0.143. The van der Waals surface area contributed by atoms with Crippen LogP contribution < -0.4 is 10.5 Å². The van der Waals surface area contributed by atoms with Crippen LogP contribution in [0.3, 0.4) is 0 Å². The monoisotopic (exact) mass is 242 g/mol. The second-order valence-electron chi connectivity index (χ2n) is 3.87. The quantitative estimate of drug-likeness (QED) is 0.867. The average Bonchev–Trinajstić information content (AvgIpc) is 2.38. The number of carbonyl (C=O) groups excluding carboxylic acids is 1. The number of rotatable bonds is 5. The number of benzene rings is 1. The van der Waals surface area contributed by atoms with Gasteiger partial charge in [-0.15, -0.1) is 0 Å². The minimum Gasteiger partial charge on any atom is -0.487 e. The minimum atomic E-state index is -0.418. The van der Waals surface area contributed by atoms with Gasteiger partial charge in [0.15, 0.2) is 0 Å². The maximum Gasteiger partial charge on any atom is 0.223 e. The zero-order chi connectivity index (χ0) is 12.8. The second kappa shape index (κ2) is 5.82. The molecule has 4 nitrogen and oxygen atoms in total. The van der Waals surface area contributed by atoms with Crippen LogP contribution in [-0.4, -0.2) is 10.9 Å². The maximum atomic E-state index is 10.9. The Balaban J connectivity index is 2.07. The zero-order valence-corrected chi connectivity index (χ0v) is 9.87. The third kappa shape index (κ3) is 3.31. The topological polar surface area (TPSA) is 65.2 Å². The molecule has 0 saturated heterocycles. The van der Waals surface area contributed by atoms with Gasteiger partial charge in [0.25, 0.3) is 0 Å². The molecule has 0 bridgehead atoms. The fourth-order valence-electron chi connectivity index (χ4n) is 1.59. The van der Waals surface area contributed by atoms with Crippen LogP contribution in [0.4, 0.5) is 0 Å². The molecular weight excluding hydrogens is 228 g/mol. The highest BCUT2D eigenvalue weighted by atomic mass is 16.5. The summed E-state index contributed by atoms with van der Waals surface area (Å²) in [6.07, 6.45) is 1.71. The molecule has 0 aliphatic carbocycles. The number of carbonyl (C=O) groups is 1. The maximum absolute atomic E-state index is 10.9. The van der Waals surface area contributed by atoms with E-state index in [9.17, 15) is 4.79 Å². The Morgan fingerprint density at radius 1 is 1.17 bits per heavy atom. The van der Waals surface area contributed by atoms with Gasteiger partial charge in [-0.2, -0.15) is 0 Å². The van der Waals surface area contributed by atoms with E-state index in [1.807, 2.05) is 30.3 Å². The molecule has 1 aromatic carbocycles. The first-order chi connectivity index (χ1) is 8.75. The van der Waals surface area contributed by atoms with E-state index in [-0.39, 0.29) is 6.42 Å². The van der Waals surface area contributed by atoms with Crippen molar-refractivity contribution in [3.05, 3.63) is 59.9 Å². The summed E-state index contributed by atoms with van der Waals surface area (Å²) in [5, 5.41) is 0. The number of nitrogens with two attached hydrogens (primary N) is 1. The molecule has 1 amide bonds. The number of nitrogens with zero attached hydrogens (tertiary/aromatic N) is 1. The summed E-state index contributed by atoms with van der Waals surface area (Å²) in [7, 11) is 0. The molecule has 4 heteroatoms. The first-order valence-electron chi connectivity index (χ1n) is 5.64. The third-order valence-electron chi connectivity index (χ3n) is 2.43. The van der Waals surface area contributed by atoms with E-state index < -0.39 is 5.91 Å². The van der Waals surface area contributed by atoms with Gasteiger partial charge in [0.1, 0.15) is 12.4 Å². The van der Waals surface area contributed by atoms with E-state index in [1.165, 1.54) is 0 Å². The number of hydrogen-bond donors (Lipinski definition) is 1. The van der Waals surface area contributed by atoms with Crippen molar-refractivity contribution in [2.24, 2.45) is 5.73 Å². The molecule has 0 atom stereocenters. The van der Waals surface area contributed by atoms with Crippen molar-refractivity contribution < 1.29 is 9.53 Å². The van der Waals surface area contributed by atoms with Crippen molar-refractivity contribution >= 4 is 5.91 Å². The van der Waals surface area contributed by atoms with Gasteiger partial charge < -0.3 is 10.5 Å². The predicted octanol–water partition coefficient (Wildman–Crippen LogP) is 1.69. The molecule has 0 spiro atoms. The van der Waals surface area contributed by atoms with Crippen LogP contribution in [0.2, 0.25) is 0 Å². The number of pyridine rings is 1. The van der Waals surface area contributed by atoms with E-state index in [0.29, 0.717) is 18.1 Å². The molecule has 0 aliphatic rings. The lowest BCUT2D eigenvalue weighted by Gasteiger charge is -2.09. The average molecular weight is 242 g/mol. The number of hydrogen-bond acceptors (Lipinski definition) is 3. The van der Waals surface area contributed by atoms with Gasteiger partial charge in [0.2, 0.25) is 5.91 Å². The molecule has 0 saturated carbocycles. The van der Waals surface area contributed by atoms with Crippen molar-refractivity contribution in [1.82, 2.24) is 4.98 Å². The number of amides is 1. The Kier molecular flexibility index (Phi) is 3.91. The molecule has 92 valence electrons. The normalized spacial score (nSPS) is 10.0. The van der Waals surface area contributed by atoms with Crippen LogP contribution in [0, 0.1) is 0 Å². The molecule has 2 rings (SSSR count). The number of primary amides is 1. The number of aromatic nitrogens is 1. The summed E-state index contributed by atoms with van der Waals surface area (Å²) in [6.45, 7) is 0.443. The Morgan fingerprint density at radius 3 is 2.67 bits per heavy atom. The van der Waals surface area contributed by atoms with E-state index in [0.717, 1.165) is 5.56 Å². The summed E-state index contributed by atoms with van der Waals surface area (Å²) < 4.78 is 5.65. The van der Waals surface area contributed by atoms with E-state index in [4.69, 9.17) is 10.5 Å². The van der Waals surface area contributed by atoms with Gasteiger partial charge in [-0.3, -0.25) is 9.78 Å². The van der Waals surface area contributed by atoms with Crippen molar-refractivity contribution in [1.29, 1.82) is 0 Å². The smallest absolute Gasteiger partial charge is 0.223 e. The molecule has 18 heavy (non-hydrogen) atoms. The SMILES string of the molecule is NC(=O)Cc1ncccc1OCc1ccccc1. The summed E-state index contributed by atoms with van der Waals surface area (Å²) in [5.41, 5.74) is 6.80. The summed E-state index contributed by atoms with van der Waals surface area (Å²) in [5.74, 6) is 0.179. The molecule has 0 fully saturated rings. The lowest BCUT2D eigenvalue weighted by Crippen LogP contribution is -2.15. The first-order valence-corrected chi connectivity index (χ1v) is 5.64. The van der Waals surface area contributed by atoms with Gasteiger partial charge in [-0.05, 0) is 17.7 Å². The molecular formula is C14H14N2O2. The van der Waals surface area contributed by atoms with Crippen LogP contribution in [0.5, 0.6) is 5.75 Å². The van der Waals surface area contributed by atoms with Crippen molar-refractivity contribution in [3.63, 3.8) is 0 Å². The number of ether oxygens (including phenoxy) is 1. The van der Waals surface area contributed by atoms with Gasteiger partial charge in [-0.25, -0.2) is 0 Å². The lowest BCUT2D eigenvalue weighted by atomic mass is 10.2. The Labute approximate surface area is 105 Å². The third-order valence-corrected chi connectivity index (χ3v) is 2.43. The minimum absolute atomic E-state index is 0.0883. The van der Waals surface area contributed by atoms with Gasteiger partial charge >= 0.3 is 0 Å². The Bertz CT molecular complexity index is 526. The molecule has 2 aromatic rings. The molecule has 1 aromatic heterocycles. The van der Waals surface area contributed by atoms with Crippen molar-refractivity contribution in [3.8, 4) is 5.75 Å². The lowest BCUT2D eigenvalue weighted by molar-refractivity contribution is -0.117. The van der Waals surface area contributed by atoms with Crippen LogP contribution in [0.25, 0.3) is 0 Å². The zero-order valence-electron chi connectivity index (χ0n) is 9.87. The van der Waals surface area contributed by atoms with Crippen LogP contribution >= 0.6 is 0 Å². The summed E-state index contributed by atoms with van der Waals surface area (Å²) in [6, 6.07) is 13.4. The van der Waals surface area contributed by atoms with E-state index in [2.05, 4.69) is 4.98 Å².